The monoisotopic (exact) mass is 313 g/mol. The minimum Gasteiger partial charge on any atom is -0.481 e. The number of aliphatic carboxylic acids is 1. The number of nitrogens with zero attached hydrogens (tertiary/aromatic N) is 2. The highest BCUT2D eigenvalue weighted by molar-refractivity contribution is 7.87. The van der Waals surface area contributed by atoms with Gasteiger partial charge in [0.15, 0.2) is 0 Å². The summed E-state index contributed by atoms with van der Waals surface area (Å²) in [7, 11) is -3.70. The fraction of sp³-hybridized carbons (Fsp3) is 0.538. The van der Waals surface area contributed by atoms with Gasteiger partial charge in [0.05, 0.1) is 5.92 Å². The van der Waals surface area contributed by atoms with Gasteiger partial charge in [-0.15, -0.1) is 0 Å². The molecule has 1 saturated heterocycles. The van der Waals surface area contributed by atoms with Gasteiger partial charge in [-0.3, -0.25) is 9.78 Å². The van der Waals surface area contributed by atoms with Gasteiger partial charge >= 0.3 is 5.97 Å². The van der Waals surface area contributed by atoms with E-state index in [4.69, 9.17) is 5.11 Å². The lowest BCUT2D eigenvalue weighted by molar-refractivity contribution is -0.142. The largest absolute Gasteiger partial charge is 0.481 e. The summed E-state index contributed by atoms with van der Waals surface area (Å²) < 4.78 is 28.5. The molecule has 2 N–H and O–H groups in total. The van der Waals surface area contributed by atoms with Crippen LogP contribution in [0.5, 0.6) is 0 Å². The summed E-state index contributed by atoms with van der Waals surface area (Å²) in [6.07, 6.45) is 4.29. The number of piperidine rings is 1. The van der Waals surface area contributed by atoms with Gasteiger partial charge in [0, 0.05) is 31.5 Å². The summed E-state index contributed by atoms with van der Waals surface area (Å²) in [6.45, 7) is 2.09. The molecule has 0 aliphatic carbocycles. The number of nitrogens with one attached hydrogen (secondary N) is 1. The summed E-state index contributed by atoms with van der Waals surface area (Å²) in [6, 6.07) is 3.10. The number of carboxylic acid groups (broad SMARTS) is 1. The van der Waals surface area contributed by atoms with E-state index >= 15 is 0 Å². The molecule has 1 fully saturated rings. The summed E-state index contributed by atoms with van der Waals surface area (Å²) in [4.78, 5) is 15.0. The molecule has 2 atom stereocenters. The van der Waals surface area contributed by atoms with Crippen molar-refractivity contribution in [1.29, 1.82) is 0 Å². The molecule has 21 heavy (non-hydrogen) atoms. The van der Waals surface area contributed by atoms with Crippen LogP contribution in [0.1, 0.15) is 31.4 Å². The number of carbonyl (C=O) groups is 1. The molecule has 2 rings (SSSR count). The number of carboxylic acids is 1. The summed E-state index contributed by atoms with van der Waals surface area (Å²) in [5.41, 5.74) is 0.757. The SMILES string of the molecule is CC(NS(=O)(=O)N1CCCC(C(=O)O)C1)c1cccnc1. The molecule has 0 amide bonds. The number of pyridine rings is 1. The first kappa shape index (κ1) is 15.9. The van der Waals surface area contributed by atoms with Gasteiger partial charge in [0.2, 0.25) is 0 Å². The quantitative estimate of drug-likeness (QED) is 0.836. The zero-order valence-corrected chi connectivity index (χ0v) is 12.6. The second-order valence-electron chi connectivity index (χ2n) is 5.17. The average Bonchev–Trinajstić information content (AvgIpc) is 2.48. The Kier molecular flexibility index (Phi) is 4.92. The molecule has 2 unspecified atom stereocenters. The zero-order valence-electron chi connectivity index (χ0n) is 11.8. The van der Waals surface area contributed by atoms with Crippen molar-refractivity contribution >= 4 is 16.2 Å². The van der Waals surface area contributed by atoms with Crippen LogP contribution in [-0.4, -0.2) is 41.9 Å². The average molecular weight is 313 g/mol. The Labute approximate surface area is 124 Å². The predicted octanol–water partition coefficient (Wildman–Crippen LogP) is 0.774. The minimum absolute atomic E-state index is 0.0183. The molecule has 1 aliphatic heterocycles. The molecule has 1 aromatic rings. The highest BCUT2D eigenvalue weighted by Crippen LogP contribution is 2.20. The van der Waals surface area contributed by atoms with E-state index < -0.39 is 28.1 Å². The maximum Gasteiger partial charge on any atom is 0.307 e. The highest BCUT2D eigenvalue weighted by Gasteiger charge is 2.32. The molecular formula is C13H19N3O4S. The van der Waals surface area contributed by atoms with Gasteiger partial charge < -0.3 is 5.11 Å². The van der Waals surface area contributed by atoms with Crippen LogP contribution in [0.2, 0.25) is 0 Å². The van der Waals surface area contributed by atoms with Crippen LogP contribution in [0.4, 0.5) is 0 Å². The van der Waals surface area contributed by atoms with Crippen LogP contribution in [0.15, 0.2) is 24.5 Å². The molecule has 7 nitrogen and oxygen atoms in total. The Balaban J connectivity index is 2.06. The smallest absolute Gasteiger partial charge is 0.307 e. The lowest BCUT2D eigenvalue weighted by Gasteiger charge is -2.30. The van der Waals surface area contributed by atoms with Gasteiger partial charge in [0.25, 0.3) is 10.2 Å². The van der Waals surface area contributed by atoms with E-state index in [0.717, 1.165) is 5.56 Å². The van der Waals surface area contributed by atoms with Crippen LogP contribution in [0, 0.1) is 5.92 Å². The first-order valence-corrected chi connectivity index (χ1v) is 8.24. The second-order valence-corrected chi connectivity index (χ2v) is 6.87. The van der Waals surface area contributed by atoms with Crippen LogP contribution >= 0.6 is 0 Å². The Morgan fingerprint density at radius 2 is 2.33 bits per heavy atom. The number of rotatable bonds is 5. The third-order valence-electron chi connectivity index (χ3n) is 3.58. The van der Waals surface area contributed by atoms with Crippen LogP contribution in [-0.2, 0) is 15.0 Å². The van der Waals surface area contributed by atoms with Crippen LogP contribution in [0.25, 0.3) is 0 Å². The Bertz CT molecular complexity index is 591. The Hall–Kier alpha value is -1.51. The molecule has 1 aromatic heterocycles. The fourth-order valence-electron chi connectivity index (χ4n) is 2.36. The first-order chi connectivity index (χ1) is 9.90. The van der Waals surface area contributed by atoms with E-state index in [9.17, 15) is 13.2 Å². The van der Waals surface area contributed by atoms with Crippen molar-refractivity contribution in [3.63, 3.8) is 0 Å². The molecule has 0 spiro atoms. The van der Waals surface area contributed by atoms with Crippen molar-refractivity contribution in [1.82, 2.24) is 14.0 Å². The molecule has 0 saturated carbocycles. The van der Waals surface area contributed by atoms with Crippen molar-refractivity contribution in [3.05, 3.63) is 30.1 Å². The van der Waals surface area contributed by atoms with Gasteiger partial charge in [-0.1, -0.05) is 6.07 Å². The van der Waals surface area contributed by atoms with Crippen LogP contribution < -0.4 is 4.72 Å². The van der Waals surface area contributed by atoms with Gasteiger partial charge in [-0.2, -0.15) is 17.4 Å². The lowest BCUT2D eigenvalue weighted by atomic mass is 10.0. The van der Waals surface area contributed by atoms with E-state index in [1.54, 1.807) is 31.5 Å². The maximum atomic E-state index is 12.3. The van der Waals surface area contributed by atoms with Gasteiger partial charge in [0.1, 0.15) is 0 Å². The summed E-state index contributed by atoms with van der Waals surface area (Å²) in [5, 5.41) is 9.03. The summed E-state index contributed by atoms with van der Waals surface area (Å²) >= 11 is 0. The zero-order chi connectivity index (χ0) is 15.5. The van der Waals surface area contributed by atoms with E-state index in [-0.39, 0.29) is 6.54 Å². The standard InChI is InChI=1S/C13H19N3O4S/c1-10(11-4-2-6-14-8-11)15-21(19,20)16-7-3-5-12(9-16)13(17)18/h2,4,6,8,10,12,15H,3,5,7,9H2,1H3,(H,17,18). The molecule has 8 heteroatoms. The van der Waals surface area contributed by atoms with Crippen molar-refractivity contribution in [2.24, 2.45) is 5.92 Å². The summed E-state index contributed by atoms with van der Waals surface area (Å²) in [5.74, 6) is -1.58. The van der Waals surface area contributed by atoms with E-state index in [0.29, 0.717) is 19.4 Å². The van der Waals surface area contributed by atoms with Crippen molar-refractivity contribution in [2.45, 2.75) is 25.8 Å². The van der Waals surface area contributed by atoms with Gasteiger partial charge in [-0.25, -0.2) is 0 Å². The highest BCUT2D eigenvalue weighted by atomic mass is 32.2. The number of hydrogen-bond acceptors (Lipinski definition) is 4. The Morgan fingerprint density at radius 1 is 1.57 bits per heavy atom. The predicted molar refractivity (Wildman–Crippen MR) is 76.6 cm³/mol. The molecule has 116 valence electrons. The lowest BCUT2D eigenvalue weighted by Crippen LogP contribution is -2.47. The third-order valence-corrected chi connectivity index (χ3v) is 5.25. The number of aromatic nitrogens is 1. The van der Waals surface area contributed by atoms with Crippen LogP contribution in [0.3, 0.4) is 0 Å². The number of hydrogen-bond donors (Lipinski definition) is 2. The first-order valence-electron chi connectivity index (χ1n) is 6.80. The van der Waals surface area contributed by atoms with Crippen molar-refractivity contribution in [2.75, 3.05) is 13.1 Å². The van der Waals surface area contributed by atoms with Crippen molar-refractivity contribution in [3.8, 4) is 0 Å². The van der Waals surface area contributed by atoms with Gasteiger partial charge in [-0.05, 0) is 31.4 Å². The second kappa shape index (κ2) is 6.50. The molecule has 0 bridgehead atoms. The van der Waals surface area contributed by atoms with Crippen molar-refractivity contribution < 1.29 is 18.3 Å². The molecule has 0 aromatic carbocycles. The van der Waals surface area contributed by atoms with E-state index in [2.05, 4.69) is 9.71 Å². The Morgan fingerprint density at radius 3 is 2.95 bits per heavy atom. The van der Waals surface area contributed by atoms with E-state index in [1.807, 2.05) is 0 Å². The molecule has 2 heterocycles. The van der Waals surface area contributed by atoms with E-state index in [1.165, 1.54) is 4.31 Å². The normalized spacial score (nSPS) is 21.9. The third kappa shape index (κ3) is 3.99. The molecule has 1 aliphatic rings. The minimum atomic E-state index is -3.70. The fourth-order valence-corrected chi connectivity index (χ4v) is 3.84. The molecular weight excluding hydrogens is 294 g/mol. The molecule has 0 radical (unpaired) electrons. The topological polar surface area (TPSA) is 99.6 Å². The maximum absolute atomic E-state index is 12.3.